The summed E-state index contributed by atoms with van der Waals surface area (Å²) < 4.78 is 58.4. The molecule has 0 spiro atoms. The van der Waals surface area contributed by atoms with Crippen molar-refractivity contribution in [2.24, 2.45) is 0 Å². The molecule has 2 aliphatic rings. The van der Waals surface area contributed by atoms with Crippen LogP contribution < -0.4 is 14.8 Å². The van der Waals surface area contributed by atoms with E-state index in [-0.39, 0.29) is 23.8 Å². The smallest absolute Gasteiger partial charge is 0.434 e. The van der Waals surface area contributed by atoms with E-state index in [0.29, 0.717) is 30.4 Å². The van der Waals surface area contributed by atoms with Gasteiger partial charge >= 0.3 is 6.18 Å². The highest BCUT2D eigenvalue weighted by atomic mass is 19.4. The molecule has 2 aromatic heterocycles. The number of fused-ring (bicyclic) bond motifs is 2. The van der Waals surface area contributed by atoms with E-state index in [9.17, 15) is 13.2 Å². The summed E-state index contributed by atoms with van der Waals surface area (Å²) in [5, 5.41) is 3.49. The largest absolute Gasteiger partial charge is 0.497 e. The molecule has 1 fully saturated rings. The maximum absolute atomic E-state index is 13.3. The van der Waals surface area contributed by atoms with Gasteiger partial charge in [-0.2, -0.15) is 13.2 Å². The lowest BCUT2D eigenvalue weighted by atomic mass is 9.94. The zero-order chi connectivity index (χ0) is 23.2. The van der Waals surface area contributed by atoms with Gasteiger partial charge in [-0.15, -0.1) is 0 Å². The molecule has 1 N–H and O–H groups in total. The van der Waals surface area contributed by atoms with Crippen LogP contribution >= 0.6 is 0 Å². The minimum absolute atomic E-state index is 0.0467. The van der Waals surface area contributed by atoms with Gasteiger partial charge < -0.3 is 23.9 Å². The molecule has 176 valence electrons. The van der Waals surface area contributed by atoms with Crippen LogP contribution in [0.2, 0.25) is 0 Å². The van der Waals surface area contributed by atoms with Gasteiger partial charge in [0, 0.05) is 37.1 Å². The topological polar surface area (TPSA) is 60.3 Å². The predicted octanol–water partition coefficient (Wildman–Crippen LogP) is 4.00. The SMILES string of the molecule is COc1ccc2c(c1)OCC(N1CCOC(C)C1)C2Nc1cccn2cc(C(F)(F)F)nc12. The molecule has 0 bridgehead atoms. The molecule has 1 saturated heterocycles. The van der Waals surface area contributed by atoms with Crippen LogP contribution in [-0.2, 0) is 10.9 Å². The minimum Gasteiger partial charge on any atom is -0.497 e. The summed E-state index contributed by atoms with van der Waals surface area (Å²) in [6.07, 6.45) is -1.86. The van der Waals surface area contributed by atoms with Gasteiger partial charge in [-0.1, -0.05) is 0 Å². The second-order valence-corrected chi connectivity index (χ2v) is 8.36. The van der Waals surface area contributed by atoms with Gasteiger partial charge in [0.25, 0.3) is 0 Å². The van der Waals surface area contributed by atoms with Gasteiger partial charge in [0.2, 0.25) is 0 Å². The van der Waals surface area contributed by atoms with Crippen LogP contribution in [-0.4, -0.2) is 59.8 Å². The fraction of sp³-hybridized carbons (Fsp3) is 0.435. The van der Waals surface area contributed by atoms with E-state index in [2.05, 4.69) is 15.2 Å². The van der Waals surface area contributed by atoms with E-state index in [4.69, 9.17) is 14.2 Å². The molecule has 1 aromatic carbocycles. The fourth-order valence-electron chi connectivity index (χ4n) is 4.57. The van der Waals surface area contributed by atoms with E-state index in [1.807, 2.05) is 25.1 Å². The summed E-state index contributed by atoms with van der Waals surface area (Å²) in [5.74, 6) is 1.37. The molecule has 0 aliphatic carbocycles. The predicted molar refractivity (Wildman–Crippen MR) is 116 cm³/mol. The van der Waals surface area contributed by atoms with Gasteiger partial charge in [-0.3, -0.25) is 4.90 Å². The molecule has 4 heterocycles. The molecular weight excluding hydrogens is 437 g/mol. The van der Waals surface area contributed by atoms with Crippen LogP contribution in [0.25, 0.3) is 5.65 Å². The van der Waals surface area contributed by atoms with Gasteiger partial charge in [0.05, 0.1) is 37.6 Å². The van der Waals surface area contributed by atoms with E-state index in [1.165, 1.54) is 4.40 Å². The van der Waals surface area contributed by atoms with Crippen molar-refractivity contribution in [3.8, 4) is 11.5 Å². The quantitative estimate of drug-likeness (QED) is 0.633. The van der Waals surface area contributed by atoms with Crippen LogP contribution in [0, 0.1) is 0 Å². The Kier molecular flexibility index (Phi) is 5.57. The Morgan fingerprint density at radius 2 is 2.09 bits per heavy atom. The first-order chi connectivity index (χ1) is 15.8. The molecule has 2 aliphatic heterocycles. The van der Waals surface area contributed by atoms with Crippen LogP contribution in [0.3, 0.4) is 0 Å². The molecule has 0 radical (unpaired) electrons. The fourth-order valence-corrected chi connectivity index (χ4v) is 4.57. The van der Waals surface area contributed by atoms with E-state index >= 15 is 0 Å². The highest BCUT2D eigenvalue weighted by Gasteiger charge is 2.38. The molecule has 10 heteroatoms. The zero-order valence-corrected chi connectivity index (χ0v) is 18.3. The monoisotopic (exact) mass is 462 g/mol. The Morgan fingerprint density at radius 1 is 1.24 bits per heavy atom. The van der Waals surface area contributed by atoms with Gasteiger partial charge in [-0.25, -0.2) is 4.98 Å². The van der Waals surface area contributed by atoms with Crippen molar-refractivity contribution in [2.45, 2.75) is 31.3 Å². The molecule has 3 aromatic rings. The number of hydrogen-bond acceptors (Lipinski definition) is 6. The number of pyridine rings is 1. The third-order valence-corrected chi connectivity index (χ3v) is 6.18. The molecular formula is C23H25F3N4O3. The normalized spacial score (nSPS) is 23.7. The lowest BCUT2D eigenvalue weighted by molar-refractivity contribution is -0.140. The summed E-state index contributed by atoms with van der Waals surface area (Å²) in [5.41, 5.74) is 0.733. The molecule has 33 heavy (non-hydrogen) atoms. The Bertz CT molecular complexity index is 1150. The number of alkyl halides is 3. The summed E-state index contributed by atoms with van der Waals surface area (Å²) in [6, 6.07) is 8.81. The third kappa shape index (κ3) is 4.20. The van der Waals surface area contributed by atoms with Crippen LogP contribution in [0.5, 0.6) is 11.5 Å². The van der Waals surface area contributed by atoms with Gasteiger partial charge in [0.1, 0.15) is 18.1 Å². The average molecular weight is 462 g/mol. The molecule has 0 saturated carbocycles. The summed E-state index contributed by atoms with van der Waals surface area (Å²) in [7, 11) is 1.59. The number of rotatable bonds is 4. The van der Waals surface area contributed by atoms with Crippen molar-refractivity contribution < 1.29 is 27.4 Å². The van der Waals surface area contributed by atoms with Gasteiger partial charge in [0.15, 0.2) is 11.3 Å². The number of ether oxygens (including phenoxy) is 3. The number of anilines is 1. The minimum atomic E-state index is -4.52. The number of methoxy groups -OCH3 is 1. The summed E-state index contributed by atoms with van der Waals surface area (Å²) >= 11 is 0. The number of aromatic nitrogens is 2. The molecule has 5 rings (SSSR count). The summed E-state index contributed by atoms with van der Waals surface area (Å²) in [4.78, 5) is 6.18. The highest BCUT2D eigenvalue weighted by molar-refractivity contribution is 5.69. The Morgan fingerprint density at radius 3 is 2.85 bits per heavy atom. The zero-order valence-electron chi connectivity index (χ0n) is 18.3. The molecule has 0 amide bonds. The van der Waals surface area contributed by atoms with Crippen molar-refractivity contribution in [1.82, 2.24) is 14.3 Å². The van der Waals surface area contributed by atoms with E-state index in [1.54, 1.807) is 25.4 Å². The van der Waals surface area contributed by atoms with Crippen LogP contribution in [0.1, 0.15) is 24.2 Å². The maximum atomic E-state index is 13.3. The first-order valence-corrected chi connectivity index (χ1v) is 10.8. The first kappa shape index (κ1) is 21.8. The van der Waals surface area contributed by atoms with E-state index in [0.717, 1.165) is 24.8 Å². The molecule has 7 nitrogen and oxygen atoms in total. The third-order valence-electron chi connectivity index (χ3n) is 6.18. The first-order valence-electron chi connectivity index (χ1n) is 10.8. The van der Waals surface area contributed by atoms with Crippen LogP contribution in [0.4, 0.5) is 18.9 Å². The second kappa shape index (κ2) is 8.42. The van der Waals surface area contributed by atoms with Crippen molar-refractivity contribution >= 4 is 11.3 Å². The second-order valence-electron chi connectivity index (χ2n) is 8.36. The van der Waals surface area contributed by atoms with E-state index < -0.39 is 11.9 Å². The Balaban J connectivity index is 1.55. The Hall–Kier alpha value is -2.98. The standard InChI is InChI=1S/C23H25F3N4O3/c1-14-11-29(8-9-32-14)18-13-33-19-10-15(31-2)5-6-16(19)21(18)27-17-4-3-7-30-12-20(23(24,25)26)28-22(17)30/h3-7,10,12,14,18,21,27H,8-9,11,13H2,1-2H3. The number of imidazole rings is 1. The van der Waals surface area contributed by atoms with Crippen molar-refractivity contribution in [3.05, 3.63) is 54.0 Å². The van der Waals surface area contributed by atoms with Gasteiger partial charge in [-0.05, 0) is 31.2 Å². The number of benzene rings is 1. The number of nitrogens with zero attached hydrogens (tertiary/aromatic N) is 3. The molecule has 3 unspecified atom stereocenters. The number of morpholine rings is 1. The number of hydrogen-bond donors (Lipinski definition) is 1. The van der Waals surface area contributed by atoms with Crippen LogP contribution in [0.15, 0.2) is 42.7 Å². The average Bonchev–Trinajstić information content (AvgIpc) is 3.25. The lowest BCUT2D eigenvalue weighted by Crippen LogP contribution is -2.54. The highest BCUT2D eigenvalue weighted by Crippen LogP contribution is 2.40. The van der Waals surface area contributed by atoms with Crippen molar-refractivity contribution in [3.63, 3.8) is 0 Å². The molecule has 3 atom stereocenters. The number of nitrogens with one attached hydrogen (secondary N) is 1. The van der Waals surface area contributed by atoms with Crippen molar-refractivity contribution in [2.75, 3.05) is 38.7 Å². The summed E-state index contributed by atoms with van der Waals surface area (Å²) in [6.45, 7) is 4.55. The number of halogens is 3. The van der Waals surface area contributed by atoms with Crippen molar-refractivity contribution in [1.29, 1.82) is 0 Å². The lowest BCUT2D eigenvalue weighted by Gasteiger charge is -2.44. The maximum Gasteiger partial charge on any atom is 0.434 e. The Labute approximate surface area is 189 Å².